The Bertz CT molecular complexity index is 856. The summed E-state index contributed by atoms with van der Waals surface area (Å²) in [5, 5.41) is 4.92. The predicted octanol–water partition coefficient (Wildman–Crippen LogP) is 3.02. The Kier molecular flexibility index (Phi) is 5.94. The van der Waals surface area contributed by atoms with E-state index < -0.39 is 0 Å². The van der Waals surface area contributed by atoms with Gasteiger partial charge in [0.1, 0.15) is 0 Å². The van der Waals surface area contributed by atoms with Gasteiger partial charge in [-0.1, -0.05) is 0 Å². The number of aryl methyl sites for hydroxylation is 2. The molecule has 0 saturated carbocycles. The van der Waals surface area contributed by atoms with E-state index in [-0.39, 0.29) is 11.7 Å². The molecule has 0 aliphatic carbocycles. The minimum atomic E-state index is -0.0580. The van der Waals surface area contributed by atoms with E-state index in [9.17, 15) is 4.79 Å². The lowest BCUT2D eigenvalue weighted by molar-refractivity contribution is 0.0897. The monoisotopic (exact) mass is 373 g/mol. The Morgan fingerprint density at radius 3 is 2.81 bits per heavy atom. The standard InChI is InChI=1S/C20H27N3O2S/c1-4-21-20(26)23(12-17-6-5-7-25-17)11-16-10-15-8-13(2)14(3)9-18(15)22-19(16)24/h8-10,17H,4-7,11-12H2,1-3H3,(H,21,26)(H,22,24). The van der Waals surface area contributed by atoms with E-state index in [1.165, 1.54) is 11.1 Å². The van der Waals surface area contributed by atoms with Crippen molar-refractivity contribution in [2.24, 2.45) is 0 Å². The minimum Gasteiger partial charge on any atom is -0.376 e. The Hall–Kier alpha value is -1.92. The molecule has 1 aliphatic rings. The summed E-state index contributed by atoms with van der Waals surface area (Å²) < 4.78 is 5.76. The molecule has 0 radical (unpaired) electrons. The molecular weight excluding hydrogens is 346 g/mol. The zero-order chi connectivity index (χ0) is 18.7. The smallest absolute Gasteiger partial charge is 0.253 e. The second kappa shape index (κ2) is 8.18. The molecule has 1 unspecified atom stereocenters. The van der Waals surface area contributed by atoms with Crippen molar-refractivity contribution < 1.29 is 4.74 Å². The van der Waals surface area contributed by atoms with E-state index in [4.69, 9.17) is 17.0 Å². The lowest BCUT2D eigenvalue weighted by Crippen LogP contribution is -2.43. The predicted molar refractivity (Wildman–Crippen MR) is 110 cm³/mol. The highest BCUT2D eigenvalue weighted by atomic mass is 32.1. The molecule has 1 atom stereocenters. The quantitative estimate of drug-likeness (QED) is 0.789. The Balaban J connectivity index is 1.89. The fourth-order valence-corrected chi connectivity index (χ4v) is 3.64. The molecule has 0 spiro atoms. The van der Waals surface area contributed by atoms with Crippen molar-refractivity contribution in [3.8, 4) is 0 Å². The molecular formula is C20H27N3O2S. The topological polar surface area (TPSA) is 57.4 Å². The fraction of sp³-hybridized carbons (Fsp3) is 0.500. The summed E-state index contributed by atoms with van der Waals surface area (Å²) >= 11 is 5.53. The van der Waals surface area contributed by atoms with E-state index in [0.717, 1.165) is 42.5 Å². The van der Waals surface area contributed by atoms with Gasteiger partial charge in [-0.3, -0.25) is 4.79 Å². The van der Waals surface area contributed by atoms with E-state index in [1.807, 2.05) is 24.0 Å². The third-order valence-electron chi connectivity index (χ3n) is 4.96. The number of fused-ring (bicyclic) bond motifs is 1. The van der Waals surface area contributed by atoms with Crippen molar-refractivity contribution in [1.82, 2.24) is 15.2 Å². The number of benzene rings is 1. The Labute approximate surface area is 159 Å². The molecule has 2 heterocycles. The van der Waals surface area contributed by atoms with Crippen LogP contribution in [-0.2, 0) is 11.3 Å². The van der Waals surface area contributed by atoms with Gasteiger partial charge in [-0.05, 0) is 80.5 Å². The minimum absolute atomic E-state index is 0.0580. The van der Waals surface area contributed by atoms with Gasteiger partial charge in [0.25, 0.3) is 5.56 Å². The van der Waals surface area contributed by atoms with E-state index in [1.54, 1.807) is 0 Å². The van der Waals surface area contributed by atoms with Gasteiger partial charge >= 0.3 is 0 Å². The number of hydrogen-bond donors (Lipinski definition) is 2. The number of ether oxygens (including phenoxy) is 1. The van der Waals surface area contributed by atoms with Crippen LogP contribution in [-0.4, -0.2) is 40.8 Å². The van der Waals surface area contributed by atoms with Crippen LogP contribution < -0.4 is 10.9 Å². The number of H-pyrrole nitrogens is 1. The fourth-order valence-electron chi connectivity index (χ4n) is 3.36. The summed E-state index contributed by atoms with van der Waals surface area (Å²) in [6.45, 7) is 8.91. The molecule has 1 aliphatic heterocycles. The summed E-state index contributed by atoms with van der Waals surface area (Å²) in [6.07, 6.45) is 2.30. The number of aromatic nitrogens is 1. The maximum atomic E-state index is 12.6. The summed E-state index contributed by atoms with van der Waals surface area (Å²) in [5.41, 5.74) is 3.93. The van der Waals surface area contributed by atoms with Gasteiger partial charge < -0.3 is 19.9 Å². The average Bonchev–Trinajstić information content (AvgIpc) is 3.10. The second-order valence-electron chi connectivity index (χ2n) is 7.00. The van der Waals surface area contributed by atoms with Gasteiger partial charge in [-0.2, -0.15) is 0 Å². The molecule has 5 nitrogen and oxygen atoms in total. The third kappa shape index (κ3) is 4.24. The number of pyridine rings is 1. The molecule has 26 heavy (non-hydrogen) atoms. The molecule has 0 bridgehead atoms. The van der Waals surface area contributed by atoms with Gasteiger partial charge in [0.15, 0.2) is 5.11 Å². The van der Waals surface area contributed by atoms with Crippen LogP contribution in [0.5, 0.6) is 0 Å². The molecule has 1 fully saturated rings. The highest BCUT2D eigenvalue weighted by molar-refractivity contribution is 7.80. The van der Waals surface area contributed by atoms with Gasteiger partial charge in [0.05, 0.1) is 12.6 Å². The molecule has 6 heteroatoms. The molecule has 140 valence electrons. The average molecular weight is 374 g/mol. The zero-order valence-corrected chi connectivity index (χ0v) is 16.5. The van der Waals surface area contributed by atoms with Crippen molar-refractivity contribution in [2.45, 2.75) is 46.3 Å². The van der Waals surface area contributed by atoms with E-state index in [2.05, 4.69) is 30.2 Å². The van der Waals surface area contributed by atoms with Gasteiger partial charge in [0.2, 0.25) is 0 Å². The summed E-state index contributed by atoms with van der Waals surface area (Å²) in [7, 11) is 0. The molecule has 1 aromatic carbocycles. The molecule has 3 rings (SSSR count). The van der Waals surface area contributed by atoms with Crippen LogP contribution in [0.1, 0.15) is 36.5 Å². The van der Waals surface area contributed by atoms with Crippen LogP contribution >= 0.6 is 12.2 Å². The second-order valence-corrected chi connectivity index (χ2v) is 7.39. The highest BCUT2D eigenvalue weighted by Crippen LogP contribution is 2.19. The Morgan fingerprint density at radius 2 is 2.12 bits per heavy atom. The molecule has 2 N–H and O–H groups in total. The number of nitrogens with one attached hydrogen (secondary N) is 2. The van der Waals surface area contributed by atoms with Gasteiger partial charge in [0, 0.05) is 30.8 Å². The van der Waals surface area contributed by atoms with Crippen LogP contribution in [0.4, 0.5) is 0 Å². The largest absolute Gasteiger partial charge is 0.376 e. The molecule has 2 aromatic rings. The van der Waals surface area contributed by atoms with Crippen molar-refractivity contribution in [1.29, 1.82) is 0 Å². The number of nitrogens with zero attached hydrogens (tertiary/aromatic N) is 1. The van der Waals surface area contributed by atoms with Crippen LogP contribution in [0, 0.1) is 13.8 Å². The zero-order valence-electron chi connectivity index (χ0n) is 15.7. The lowest BCUT2D eigenvalue weighted by atomic mass is 10.0. The maximum absolute atomic E-state index is 12.6. The molecule has 1 aromatic heterocycles. The summed E-state index contributed by atoms with van der Waals surface area (Å²) in [4.78, 5) is 17.7. The van der Waals surface area contributed by atoms with Crippen molar-refractivity contribution in [2.75, 3.05) is 19.7 Å². The van der Waals surface area contributed by atoms with E-state index in [0.29, 0.717) is 18.2 Å². The third-order valence-corrected chi connectivity index (χ3v) is 5.36. The SMILES string of the molecule is CCNC(=S)N(Cc1cc2cc(C)c(C)cc2[nH]c1=O)CC1CCCO1. The van der Waals surface area contributed by atoms with E-state index >= 15 is 0 Å². The first kappa shape index (κ1) is 18.9. The lowest BCUT2D eigenvalue weighted by Gasteiger charge is -2.28. The maximum Gasteiger partial charge on any atom is 0.253 e. The molecule has 1 saturated heterocycles. The number of thiocarbonyl (C=S) groups is 1. The normalized spacial score (nSPS) is 16.8. The first-order valence-corrected chi connectivity index (χ1v) is 9.66. The van der Waals surface area contributed by atoms with Crippen molar-refractivity contribution in [3.63, 3.8) is 0 Å². The highest BCUT2D eigenvalue weighted by Gasteiger charge is 2.21. The van der Waals surface area contributed by atoms with Crippen LogP contribution in [0.3, 0.4) is 0 Å². The van der Waals surface area contributed by atoms with Gasteiger partial charge in [-0.15, -0.1) is 0 Å². The summed E-state index contributed by atoms with van der Waals surface area (Å²) in [5.74, 6) is 0. The number of hydrogen-bond acceptors (Lipinski definition) is 3. The Morgan fingerprint density at radius 1 is 1.35 bits per heavy atom. The first-order chi connectivity index (χ1) is 12.5. The van der Waals surface area contributed by atoms with Crippen LogP contribution in [0.15, 0.2) is 23.0 Å². The first-order valence-electron chi connectivity index (χ1n) is 9.25. The van der Waals surface area contributed by atoms with Crippen molar-refractivity contribution >= 4 is 28.2 Å². The summed E-state index contributed by atoms with van der Waals surface area (Å²) in [6, 6.07) is 6.14. The molecule has 0 amide bonds. The number of aromatic amines is 1. The van der Waals surface area contributed by atoms with Crippen molar-refractivity contribution in [3.05, 3.63) is 45.2 Å². The van der Waals surface area contributed by atoms with Crippen LogP contribution in [0.2, 0.25) is 0 Å². The van der Waals surface area contributed by atoms with Crippen LogP contribution in [0.25, 0.3) is 10.9 Å². The number of rotatable bonds is 5. The van der Waals surface area contributed by atoms with Gasteiger partial charge in [-0.25, -0.2) is 0 Å².